The number of benzene rings is 2. The first kappa shape index (κ1) is 21.3. The van der Waals surface area contributed by atoms with Gasteiger partial charge in [-0.1, -0.05) is 11.6 Å². The van der Waals surface area contributed by atoms with Crippen LogP contribution in [-0.4, -0.2) is 63.4 Å². The number of fused-ring (bicyclic) bond motifs is 1. The van der Waals surface area contributed by atoms with Gasteiger partial charge >= 0.3 is 5.97 Å². The van der Waals surface area contributed by atoms with Crippen LogP contribution in [0.25, 0.3) is 0 Å². The summed E-state index contributed by atoms with van der Waals surface area (Å²) in [6.07, 6.45) is 0.656. The number of hydrogen-bond donors (Lipinski definition) is 0. The molecule has 2 aliphatic heterocycles. The van der Waals surface area contributed by atoms with Crippen molar-refractivity contribution in [2.24, 2.45) is 0 Å². The number of rotatable bonds is 5. The van der Waals surface area contributed by atoms with Crippen LogP contribution in [0.1, 0.15) is 27.1 Å². The summed E-state index contributed by atoms with van der Waals surface area (Å²) in [5.74, 6) is 0.640. The van der Waals surface area contributed by atoms with Gasteiger partial charge in [-0.3, -0.25) is 4.79 Å². The Balaban J connectivity index is 1.66. The highest BCUT2D eigenvalue weighted by Crippen LogP contribution is 2.41. The van der Waals surface area contributed by atoms with Crippen LogP contribution in [0.15, 0.2) is 30.3 Å². The first-order chi connectivity index (χ1) is 15.0. The van der Waals surface area contributed by atoms with Crippen molar-refractivity contribution in [3.8, 4) is 23.0 Å². The molecule has 4 rings (SSSR count). The van der Waals surface area contributed by atoms with E-state index in [0.29, 0.717) is 43.4 Å². The molecule has 164 valence electrons. The van der Waals surface area contributed by atoms with Gasteiger partial charge in [0.05, 0.1) is 38.0 Å². The maximum Gasteiger partial charge on any atom is 0.338 e. The van der Waals surface area contributed by atoms with Gasteiger partial charge < -0.3 is 28.6 Å². The van der Waals surface area contributed by atoms with Crippen LogP contribution in [0, 0.1) is 0 Å². The summed E-state index contributed by atoms with van der Waals surface area (Å²) >= 11 is 6.51. The molecule has 2 aliphatic rings. The van der Waals surface area contributed by atoms with Gasteiger partial charge in [0.15, 0.2) is 5.75 Å². The molecule has 8 nitrogen and oxygen atoms in total. The van der Waals surface area contributed by atoms with Crippen molar-refractivity contribution in [3.05, 3.63) is 46.5 Å². The second-order valence-corrected chi connectivity index (χ2v) is 7.60. The molecule has 0 saturated carbocycles. The summed E-state index contributed by atoms with van der Waals surface area (Å²) in [5.41, 5.74) is 0.638. The van der Waals surface area contributed by atoms with E-state index in [4.69, 9.17) is 35.3 Å². The monoisotopic (exact) mass is 447 g/mol. The first-order valence-electron chi connectivity index (χ1n) is 9.82. The number of halogens is 1. The highest BCUT2D eigenvalue weighted by molar-refractivity contribution is 6.34. The number of carbonyl (C=O) groups excluding carboxylic acids is 2. The average molecular weight is 448 g/mol. The predicted molar refractivity (Wildman–Crippen MR) is 112 cm³/mol. The van der Waals surface area contributed by atoms with E-state index >= 15 is 0 Å². The number of likely N-dealkylation sites (N-methyl/N-ethyl adjacent to an activating group) is 1. The molecule has 1 amide bonds. The fourth-order valence-electron chi connectivity index (χ4n) is 3.38. The standard InChI is InChI=1S/C22H22ClNO7/c1-24-6-8-29-20-17(21(24)25)3-4-18(19(20)23)31-16-10-13(22(26)27-2)9-15(11-16)30-14-5-7-28-12-14/h3-4,9-11,14H,5-8,12H2,1-2H3/t14-/m0/s1. The fourth-order valence-corrected chi connectivity index (χ4v) is 3.64. The third-order valence-electron chi connectivity index (χ3n) is 5.03. The number of hydrogen-bond acceptors (Lipinski definition) is 7. The van der Waals surface area contributed by atoms with E-state index < -0.39 is 5.97 Å². The zero-order valence-corrected chi connectivity index (χ0v) is 17.9. The van der Waals surface area contributed by atoms with Crippen LogP contribution >= 0.6 is 11.6 Å². The highest BCUT2D eigenvalue weighted by atomic mass is 35.5. The molecular weight excluding hydrogens is 426 g/mol. The van der Waals surface area contributed by atoms with Crippen LogP contribution in [0.4, 0.5) is 0 Å². The summed E-state index contributed by atoms with van der Waals surface area (Å²) in [6, 6.07) is 7.99. The number of ether oxygens (including phenoxy) is 5. The lowest BCUT2D eigenvalue weighted by atomic mass is 10.1. The van der Waals surface area contributed by atoms with E-state index in [1.165, 1.54) is 13.2 Å². The number of esters is 1. The third-order valence-corrected chi connectivity index (χ3v) is 5.39. The molecule has 0 spiro atoms. The summed E-state index contributed by atoms with van der Waals surface area (Å²) in [5, 5.41) is 0.177. The molecule has 0 aliphatic carbocycles. The van der Waals surface area contributed by atoms with Gasteiger partial charge in [-0.15, -0.1) is 0 Å². The Hall–Kier alpha value is -2.97. The molecule has 1 saturated heterocycles. The number of amides is 1. The number of nitrogens with zero attached hydrogens (tertiary/aromatic N) is 1. The average Bonchev–Trinajstić information content (AvgIpc) is 3.22. The van der Waals surface area contributed by atoms with Crippen molar-refractivity contribution in [1.29, 1.82) is 0 Å². The van der Waals surface area contributed by atoms with Crippen LogP contribution < -0.4 is 14.2 Å². The molecule has 0 aromatic heterocycles. The highest BCUT2D eigenvalue weighted by Gasteiger charge is 2.26. The Bertz CT molecular complexity index is 1000. The Morgan fingerprint density at radius 2 is 2.00 bits per heavy atom. The Morgan fingerprint density at radius 1 is 1.19 bits per heavy atom. The molecule has 9 heteroatoms. The van der Waals surface area contributed by atoms with E-state index in [1.54, 1.807) is 36.2 Å². The van der Waals surface area contributed by atoms with Crippen LogP contribution in [0.5, 0.6) is 23.0 Å². The number of carbonyl (C=O) groups is 2. The lowest BCUT2D eigenvalue weighted by Crippen LogP contribution is -2.27. The Labute approximate surface area is 184 Å². The quantitative estimate of drug-likeness (QED) is 0.648. The van der Waals surface area contributed by atoms with Gasteiger partial charge in [0, 0.05) is 19.5 Å². The normalized spacial score (nSPS) is 18.1. The van der Waals surface area contributed by atoms with Gasteiger partial charge in [-0.05, 0) is 24.3 Å². The fraction of sp³-hybridized carbons (Fsp3) is 0.364. The van der Waals surface area contributed by atoms with Crippen LogP contribution in [-0.2, 0) is 9.47 Å². The lowest BCUT2D eigenvalue weighted by Gasteiger charge is -2.16. The lowest BCUT2D eigenvalue weighted by molar-refractivity contribution is 0.0599. The predicted octanol–water partition coefficient (Wildman–Crippen LogP) is 3.55. The second kappa shape index (κ2) is 9.03. The minimum Gasteiger partial charge on any atom is -0.489 e. The molecule has 1 fully saturated rings. The minimum atomic E-state index is -0.525. The van der Waals surface area contributed by atoms with E-state index in [-0.39, 0.29) is 34.1 Å². The van der Waals surface area contributed by atoms with Gasteiger partial charge in [0.1, 0.15) is 35.0 Å². The summed E-state index contributed by atoms with van der Waals surface area (Å²) in [6.45, 7) is 1.88. The molecule has 0 bridgehead atoms. The minimum absolute atomic E-state index is 0.103. The topological polar surface area (TPSA) is 83.5 Å². The van der Waals surface area contributed by atoms with E-state index in [0.717, 1.165) is 6.42 Å². The molecule has 0 radical (unpaired) electrons. The van der Waals surface area contributed by atoms with E-state index in [2.05, 4.69) is 0 Å². The van der Waals surface area contributed by atoms with Crippen LogP contribution in [0.3, 0.4) is 0 Å². The van der Waals surface area contributed by atoms with Gasteiger partial charge in [-0.2, -0.15) is 0 Å². The van der Waals surface area contributed by atoms with Crippen molar-refractivity contribution < 1.29 is 33.3 Å². The molecular formula is C22H22ClNO7. The largest absolute Gasteiger partial charge is 0.489 e. The van der Waals surface area contributed by atoms with Gasteiger partial charge in [0.2, 0.25) is 0 Å². The maximum absolute atomic E-state index is 12.5. The smallest absolute Gasteiger partial charge is 0.338 e. The number of methoxy groups -OCH3 is 1. The third kappa shape index (κ3) is 4.55. The van der Waals surface area contributed by atoms with Crippen molar-refractivity contribution in [2.45, 2.75) is 12.5 Å². The van der Waals surface area contributed by atoms with Crippen molar-refractivity contribution in [2.75, 3.05) is 40.5 Å². The molecule has 2 heterocycles. The second-order valence-electron chi connectivity index (χ2n) is 7.22. The first-order valence-corrected chi connectivity index (χ1v) is 10.2. The molecule has 2 aromatic carbocycles. The van der Waals surface area contributed by atoms with Crippen molar-refractivity contribution in [3.63, 3.8) is 0 Å². The van der Waals surface area contributed by atoms with Crippen LogP contribution in [0.2, 0.25) is 5.02 Å². The summed E-state index contributed by atoms with van der Waals surface area (Å²) in [7, 11) is 3.00. The van der Waals surface area contributed by atoms with Gasteiger partial charge in [-0.25, -0.2) is 4.79 Å². The SMILES string of the molecule is COC(=O)c1cc(Oc2ccc3c(c2Cl)OCCN(C)C3=O)cc(O[C@H]2CCOC2)c1. The zero-order chi connectivity index (χ0) is 22.0. The summed E-state index contributed by atoms with van der Waals surface area (Å²) < 4.78 is 27.8. The van der Waals surface area contributed by atoms with Gasteiger partial charge in [0.25, 0.3) is 5.91 Å². The summed E-state index contributed by atoms with van der Waals surface area (Å²) in [4.78, 5) is 26.2. The zero-order valence-electron chi connectivity index (χ0n) is 17.2. The van der Waals surface area contributed by atoms with E-state index in [9.17, 15) is 9.59 Å². The Morgan fingerprint density at radius 3 is 2.74 bits per heavy atom. The molecule has 0 N–H and O–H groups in total. The molecule has 1 atom stereocenters. The maximum atomic E-state index is 12.5. The van der Waals surface area contributed by atoms with Crippen molar-refractivity contribution >= 4 is 23.5 Å². The van der Waals surface area contributed by atoms with E-state index in [1.807, 2.05) is 0 Å². The van der Waals surface area contributed by atoms with Crippen molar-refractivity contribution in [1.82, 2.24) is 4.90 Å². The molecule has 0 unspecified atom stereocenters. The molecule has 2 aromatic rings. The molecule has 31 heavy (non-hydrogen) atoms. The Kier molecular flexibility index (Phi) is 6.20.